The van der Waals surface area contributed by atoms with Crippen LogP contribution in [0.5, 0.6) is 0 Å². The van der Waals surface area contributed by atoms with Crippen LogP contribution in [0.15, 0.2) is 27.8 Å². The molecule has 1 aliphatic rings. The predicted molar refractivity (Wildman–Crippen MR) is 81.8 cm³/mol. The lowest BCUT2D eigenvalue weighted by atomic mass is 9.96. The van der Waals surface area contributed by atoms with Gasteiger partial charge >= 0.3 is 0 Å². The van der Waals surface area contributed by atoms with Crippen LogP contribution < -0.4 is 0 Å². The van der Waals surface area contributed by atoms with Crippen LogP contribution in [0.3, 0.4) is 0 Å². The van der Waals surface area contributed by atoms with E-state index >= 15 is 0 Å². The molecule has 0 aromatic carbocycles. The molecular formula is C12H16Br2N2O2S. The quantitative estimate of drug-likeness (QED) is 0.718. The molecule has 1 saturated heterocycles. The van der Waals surface area contributed by atoms with E-state index < -0.39 is 10.0 Å². The van der Waals surface area contributed by atoms with Crippen LogP contribution in [0.2, 0.25) is 0 Å². The minimum Gasteiger partial charge on any atom is -0.262 e. The highest BCUT2D eigenvalue weighted by atomic mass is 79.9. The van der Waals surface area contributed by atoms with Crippen LogP contribution >= 0.6 is 31.9 Å². The predicted octanol–water partition coefficient (Wildman–Crippen LogP) is 3.03. The van der Waals surface area contributed by atoms with Gasteiger partial charge in [-0.25, -0.2) is 8.42 Å². The Morgan fingerprint density at radius 2 is 2.00 bits per heavy atom. The summed E-state index contributed by atoms with van der Waals surface area (Å²) in [5, 5.41) is 0. The van der Waals surface area contributed by atoms with Crippen molar-refractivity contribution in [1.29, 1.82) is 0 Å². The number of hydrogen-bond acceptors (Lipinski definition) is 3. The van der Waals surface area contributed by atoms with Crippen LogP contribution in [-0.4, -0.2) is 35.6 Å². The highest BCUT2D eigenvalue weighted by Crippen LogP contribution is 2.28. The van der Waals surface area contributed by atoms with Crippen molar-refractivity contribution in [3.8, 4) is 0 Å². The lowest BCUT2D eigenvalue weighted by Crippen LogP contribution is -2.39. The molecule has 1 unspecified atom stereocenters. The Labute approximate surface area is 130 Å². The maximum Gasteiger partial charge on any atom is 0.244 e. The minimum absolute atomic E-state index is 0.257. The van der Waals surface area contributed by atoms with Gasteiger partial charge in [0.2, 0.25) is 10.0 Å². The maximum absolute atomic E-state index is 12.5. The number of aromatic nitrogens is 1. The number of rotatable bonds is 3. The third kappa shape index (κ3) is 3.56. The van der Waals surface area contributed by atoms with Crippen molar-refractivity contribution in [1.82, 2.24) is 9.29 Å². The second-order valence-electron chi connectivity index (χ2n) is 4.76. The second kappa shape index (κ2) is 6.20. The minimum atomic E-state index is -3.41. The van der Waals surface area contributed by atoms with Crippen LogP contribution in [0, 0.1) is 5.92 Å². The van der Waals surface area contributed by atoms with Gasteiger partial charge in [-0.05, 0) is 40.8 Å². The van der Waals surface area contributed by atoms with Gasteiger partial charge in [0.05, 0.1) is 0 Å². The Kier molecular flexibility index (Phi) is 5.03. The molecule has 19 heavy (non-hydrogen) atoms. The number of hydrogen-bond donors (Lipinski definition) is 0. The molecule has 106 valence electrons. The summed E-state index contributed by atoms with van der Waals surface area (Å²) in [6, 6.07) is 1.60. The van der Waals surface area contributed by atoms with Crippen molar-refractivity contribution in [2.75, 3.05) is 13.1 Å². The zero-order valence-corrected chi connectivity index (χ0v) is 14.6. The van der Waals surface area contributed by atoms with E-state index in [4.69, 9.17) is 0 Å². The van der Waals surface area contributed by atoms with Gasteiger partial charge in [0.1, 0.15) is 4.90 Å². The molecule has 1 fully saturated rings. The molecule has 0 spiro atoms. The Morgan fingerprint density at radius 1 is 1.37 bits per heavy atom. The first kappa shape index (κ1) is 15.4. The summed E-state index contributed by atoms with van der Waals surface area (Å²) in [5.74, 6) is 0.548. The maximum atomic E-state index is 12.5. The molecule has 0 saturated carbocycles. The molecular weight excluding hydrogens is 396 g/mol. The lowest BCUT2D eigenvalue weighted by molar-refractivity contribution is 0.274. The number of alkyl halides is 1. The Bertz CT molecular complexity index is 540. The fourth-order valence-corrected chi connectivity index (χ4v) is 4.76. The van der Waals surface area contributed by atoms with E-state index in [0.717, 1.165) is 12.8 Å². The Hall–Kier alpha value is 0.0200. The largest absolute Gasteiger partial charge is 0.262 e. The lowest BCUT2D eigenvalue weighted by Gasteiger charge is -2.32. The molecule has 0 N–H and O–H groups in total. The third-order valence-electron chi connectivity index (χ3n) is 3.47. The van der Waals surface area contributed by atoms with E-state index in [0.29, 0.717) is 28.3 Å². The van der Waals surface area contributed by atoms with Crippen molar-refractivity contribution in [3.05, 3.63) is 22.9 Å². The van der Waals surface area contributed by atoms with E-state index in [-0.39, 0.29) is 4.90 Å². The van der Waals surface area contributed by atoms with Gasteiger partial charge in [-0.1, -0.05) is 22.9 Å². The van der Waals surface area contributed by atoms with Crippen molar-refractivity contribution < 1.29 is 8.42 Å². The highest BCUT2D eigenvalue weighted by molar-refractivity contribution is 9.10. The highest BCUT2D eigenvalue weighted by Gasteiger charge is 2.30. The second-order valence-corrected chi connectivity index (χ2v) is 9.06. The van der Waals surface area contributed by atoms with Crippen LogP contribution in [-0.2, 0) is 10.0 Å². The molecule has 2 rings (SSSR count). The van der Waals surface area contributed by atoms with E-state index in [2.05, 4.69) is 43.8 Å². The van der Waals surface area contributed by atoms with Gasteiger partial charge in [0, 0.05) is 34.8 Å². The van der Waals surface area contributed by atoms with Gasteiger partial charge in [0.15, 0.2) is 0 Å². The third-order valence-corrected chi connectivity index (χ3v) is 6.51. The van der Waals surface area contributed by atoms with Crippen molar-refractivity contribution in [2.45, 2.75) is 29.5 Å². The zero-order chi connectivity index (χ0) is 14.0. The fraction of sp³-hybridized carbons (Fsp3) is 0.583. The van der Waals surface area contributed by atoms with Crippen LogP contribution in [0.1, 0.15) is 19.8 Å². The molecule has 0 bridgehead atoms. The van der Waals surface area contributed by atoms with Crippen molar-refractivity contribution in [3.63, 3.8) is 0 Å². The molecule has 2 heterocycles. The van der Waals surface area contributed by atoms with Crippen LogP contribution in [0.25, 0.3) is 0 Å². The first-order valence-electron chi connectivity index (χ1n) is 6.16. The van der Waals surface area contributed by atoms with E-state index in [1.54, 1.807) is 16.6 Å². The topological polar surface area (TPSA) is 50.3 Å². The Morgan fingerprint density at radius 3 is 2.53 bits per heavy atom. The van der Waals surface area contributed by atoms with Gasteiger partial charge in [-0.15, -0.1) is 0 Å². The molecule has 1 aromatic rings. The van der Waals surface area contributed by atoms with Crippen LogP contribution in [0.4, 0.5) is 0 Å². The number of nitrogens with zero attached hydrogens (tertiary/aromatic N) is 2. The monoisotopic (exact) mass is 410 g/mol. The van der Waals surface area contributed by atoms with Crippen molar-refractivity contribution >= 4 is 41.9 Å². The summed E-state index contributed by atoms with van der Waals surface area (Å²) in [6.45, 7) is 3.28. The average molecular weight is 412 g/mol. The normalized spacial score (nSPS) is 20.4. The zero-order valence-electron chi connectivity index (χ0n) is 10.6. The first-order chi connectivity index (χ1) is 8.91. The fourth-order valence-electron chi connectivity index (χ4n) is 2.26. The number of sulfonamides is 1. The number of piperidine rings is 1. The summed E-state index contributed by atoms with van der Waals surface area (Å²) < 4.78 is 27.2. The first-order valence-corrected chi connectivity index (χ1v) is 9.31. The Balaban J connectivity index is 2.14. The number of halogens is 2. The molecule has 1 aliphatic heterocycles. The van der Waals surface area contributed by atoms with E-state index in [1.165, 1.54) is 6.20 Å². The summed E-state index contributed by atoms with van der Waals surface area (Å²) >= 11 is 6.83. The summed E-state index contributed by atoms with van der Waals surface area (Å²) in [6.07, 6.45) is 4.78. The molecule has 1 aromatic heterocycles. The summed E-state index contributed by atoms with van der Waals surface area (Å²) in [5.41, 5.74) is 0. The molecule has 7 heteroatoms. The summed E-state index contributed by atoms with van der Waals surface area (Å²) in [7, 11) is -3.41. The molecule has 0 amide bonds. The molecule has 0 radical (unpaired) electrons. The molecule has 0 aliphatic carbocycles. The van der Waals surface area contributed by atoms with Gasteiger partial charge in [-0.2, -0.15) is 4.31 Å². The number of pyridine rings is 1. The van der Waals surface area contributed by atoms with E-state index in [9.17, 15) is 8.42 Å². The molecule has 4 nitrogen and oxygen atoms in total. The van der Waals surface area contributed by atoms with Gasteiger partial charge in [-0.3, -0.25) is 4.98 Å². The SMILES string of the molecule is CC(Br)C1CCN(S(=O)(=O)c2cncc(Br)c2)CC1. The van der Waals surface area contributed by atoms with E-state index in [1.807, 2.05) is 0 Å². The summed E-state index contributed by atoms with van der Waals surface area (Å²) in [4.78, 5) is 4.62. The standard InChI is InChI=1S/C12H16Br2N2O2S/c1-9(13)10-2-4-16(5-3-10)19(17,18)12-6-11(14)7-15-8-12/h6-10H,2-5H2,1H3. The molecule has 1 atom stereocenters. The average Bonchev–Trinajstić information content (AvgIpc) is 2.39. The van der Waals surface area contributed by atoms with Crippen molar-refractivity contribution in [2.24, 2.45) is 5.92 Å². The van der Waals surface area contributed by atoms with Gasteiger partial charge < -0.3 is 0 Å². The van der Waals surface area contributed by atoms with Gasteiger partial charge in [0.25, 0.3) is 0 Å². The smallest absolute Gasteiger partial charge is 0.244 e.